The molecule has 0 amide bonds. The lowest BCUT2D eigenvalue weighted by atomic mass is 9.97. The fourth-order valence-corrected chi connectivity index (χ4v) is 4.23. The van der Waals surface area contributed by atoms with Crippen LogP contribution in [0, 0.1) is 5.41 Å². The van der Waals surface area contributed by atoms with Crippen LogP contribution in [-0.2, 0) is 19.5 Å². The van der Waals surface area contributed by atoms with Gasteiger partial charge in [-0.1, -0.05) is 38.1 Å². The third-order valence-corrected chi connectivity index (χ3v) is 5.66. The summed E-state index contributed by atoms with van der Waals surface area (Å²) in [6, 6.07) is 10.6. The Bertz CT molecular complexity index is 1030. The molecule has 0 unspecified atom stereocenters. The van der Waals surface area contributed by atoms with Crippen molar-refractivity contribution in [1.82, 2.24) is 15.0 Å². The zero-order valence-corrected chi connectivity index (χ0v) is 18.7. The number of fused-ring (bicyclic) bond motifs is 2. The molecule has 3 aromatic rings. The number of rotatable bonds is 4. The molecular weight excluding hydrogens is 416 g/mol. The predicted octanol–water partition coefficient (Wildman–Crippen LogP) is 5.57. The van der Waals surface area contributed by atoms with Crippen molar-refractivity contribution in [1.29, 1.82) is 0 Å². The SMILES string of the molecule is CC(C)(C)Cn1nnc2c(Br)c(NCc3ccc4c(c3)CC(C)(C)O4)ccc21. The van der Waals surface area contributed by atoms with Crippen LogP contribution in [0.4, 0.5) is 5.69 Å². The largest absolute Gasteiger partial charge is 0.487 e. The number of nitrogens with zero attached hydrogens (tertiary/aromatic N) is 3. The Morgan fingerprint density at radius 3 is 2.75 bits per heavy atom. The zero-order valence-electron chi connectivity index (χ0n) is 17.1. The molecule has 2 aromatic carbocycles. The first-order valence-corrected chi connectivity index (χ1v) is 10.5. The van der Waals surface area contributed by atoms with E-state index in [-0.39, 0.29) is 11.0 Å². The van der Waals surface area contributed by atoms with E-state index in [0.29, 0.717) is 0 Å². The highest BCUT2D eigenvalue weighted by Crippen LogP contribution is 2.36. The first-order chi connectivity index (χ1) is 13.1. The number of nitrogens with one attached hydrogen (secondary N) is 1. The van der Waals surface area contributed by atoms with Crippen molar-refractivity contribution < 1.29 is 4.74 Å². The van der Waals surface area contributed by atoms with E-state index in [4.69, 9.17) is 4.74 Å². The van der Waals surface area contributed by atoms with E-state index < -0.39 is 0 Å². The quantitative estimate of drug-likeness (QED) is 0.573. The summed E-state index contributed by atoms with van der Waals surface area (Å²) in [7, 11) is 0. The molecule has 28 heavy (non-hydrogen) atoms. The first kappa shape index (κ1) is 19.2. The Kier molecular flexibility index (Phi) is 4.65. The molecule has 1 aromatic heterocycles. The molecule has 6 heteroatoms. The van der Waals surface area contributed by atoms with Crippen molar-refractivity contribution in [3.63, 3.8) is 0 Å². The number of benzene rings is 2. The van der Waals surface area contributed by atoms with Gasteiger partial charge in [0.15, 0.2) is 0 Å². The van der Waals surface area contributed by atoms with Gasteiger partial charge in [0, 0.05) is 19.5 Å². The van der Waals surface area contributed by atoms with Gasteiger partial charge in [-0.25, -0.2) is 4.68 Å². The molecule has 0 fully saturated rings. The fraction of sp³-hybridized carbons (Fsp3) is 0.455. The zero-order chi connectivity index (χ0) is 20.1. The van der Waals surface area contributed by atoms with E-state index in [1.165, 1.54) is 11.1 Å². The Balaban J connectivity index is 1.52. The molecule has 1 aliphatic heterocycles. The lowest BCUT2D eigenvalue weighted by molar-refractivity contribution is 0.138. The first-order valence-electron chi connectivity index (χ1n) is 9.68. The molecule has 1 N–H and O–H groups in total. The highest BCUT2D eigenvalue weighted by molar-refractivity contribution is 9.10. The standard InChI is InChI=1S/C22H27BrN4O/c1-21(2,3)13-27-17-8-7-16(19(23)20(17)25-26-27)24-12-14-6-9-18-15(10-14)11-22(4,5)28-18/h6-10,24H,11-13H2,1-5H3. The molecular formula is C22H27BrN4O. The molecule has 0 saturated carbocycles. The minimum atomic E-state index is -0.110. The number of anilines is 1. The summed E-state index contributed by atoms with van der Waals surface area (Å²) in [4.78, 5) is 0. The number of hydrogen-bond acceptors (Lipinski definition) is 4. The van der Waals surface area contributed by atoms with E-state index in [1.54, 1.807) is 0 Å². The van der Waals surface area contributed by atoms with Gasteiger partial charge < -0.3 is 10.1 Å². The van der Waals surface area contributed by atoms with Crippen LogP contribution in [0.5, 0.6) is 5.75 Å². The van der Waals surface area contributed by atoms with E-state index in [1.807, 2.05) is 4.68 Å². The van der Waals surface area contributed by atoms with Gasteiger partial charge in [-0.3, -0.25) is 0 Å². The van der Waals surface area contributed by atoms with Crippen LogP contribution in [0.25, 0.3) is 11.0 Å². The van der Waals surface area contributed by atoms with Crippen molar-refractivity contribution >= 4 is 32.7 Å². The second-order valence-electron chi connectivity index (χ2n) is 9.44. The van der Waals surface area contributed by atoms with Crippen LogP contribution in [-0.4, -0.2) is 20.6 Å². The van der Waals surface area contributed by atoms with E-state index in [2.05, 4.69) is 96.5 Å². The molecule has 0 spiro atoms. The highest BCUT2D eigenvalue weighted by atomic mass is 79.9. The summed E-state index contributed by atoms with van der Waals surface area (Å²) < 4.78 is 8.90. The maximum absolute atomic E-state index is 5.97. The van der Waals surface area contributed by atoms with Crippen molar-refractivity contribution in [3.05, 3.63) is 45.9 Å². The van der Waals surface area contributed by atoms with Crippen LogP contribution in [0.2, 0.25) is 0 Å². The van der Waals surface area contributed by atoms with Crippen molar-refractivity contribution in [2.45, 2.75) is 59.7 Å². The van der Waals surface area contributed by atoms with Gasteiger partial charge in [-0.15, -0.1) is 5.10 Å². The van der Waals surface area contributed by atoms with E-state index in [9.17, 15) is 0 Å². The van der Waals surface area contributed by atoms with Gasteiger partial charge >= 0.3 is 0 Å². The summed E-state index contributed by atoms with van der Waals surface area (Å²) in [6.45, 7) is 12.4. The highest BCUT2D eigenvalue weighted by Gasteiger charge is 2.29. The number of aromatic nitrogens is 3. The monoisotopic (exact) mass is 442 g/mol. The molecule has 1 aliphatic rings. The maximum atomic E-state index is 5.97. The molecule has 148 valence electrons. The average molecular weight is 443 g/mol. The van der Waals surface area contributed by atoms with Gasteiger partial charge in [-0.05, 0) is 64.5 Å². The molecule has 0 aliphatic carbocycles. The van der Waals surface area contributed by atoms with Gasteiger partial charge in [0.05, 0.1) is 15.7 Å². The lowest BCUT2D eigenvalue weighted by Gasteiger charge is -2.18. The van der Waals surface area contributed by atoms with Gasteiger partial charge in [0.2, 0.25) is 0 Å². The summed E-state index contributed by atoms with van der Waals surface area (Å²) in [5, 5.41) is 12.3. The van der Waals surface area contributed by atoms with Crippen molar-refractivity contribution in [2.24, 2.45) is 5.41 Å². The summed E-state index contributed by atoms with van der Waals surface area (Å²) in [6.07, 6.45) is 0.947. The topological polar surface area (TPSA) is 52.0 Å². The fourth-order valence-electron chi connectivity index (χ4n) is 3.68. The Labute approximate surface area is 174 Å². The normalized spacial score (nSPS) is 15.5. The minimum absolute atomic E-state index is 0.110. The minimum Gasteiger partial charge on any atom is -0.487 e. The maximum Gasteiger partial charge on any atom is 0.129 e. The molecule has 0 atom stereocenters. The summed E-state index contributed by atoms with van der Waals surface area (Å²) in [5.41, 5.74) is 5.51. The molecule has 0 saturated heterocycles. The third kappa shape index (κ3) is 3.88. The molecule has 0 radical (unpaired) electrons. The Hall–Kier alpha value is -2.08. The molecule has 2 heterocycles. The Morgan fingerprint density at radius 1 is 1.21 bits per heavy atom. The Morgan fingerprint density at radius 2 is 2.00 bits per heavy atom. The number of hydrogen-bond donors (Lipinski definition) is 1. The number of ether oxygens (including phenoxy) is 1. The predicted molar refractivity (Wildman–Crippen MR) is 117 cm³/mol. The third-order valence-electron chi connectivity index (χ3n) is 4.86. The van der Waals surface area contributed by atoms with Crippen molar-refractivity contribution in [2.75, 3.05) is 5.32 Å². The van der Waals surface area contributed by atoms with Crippen LogP contribution < -0.4 is 10.1 Å². The molecule has 5 nitrogen and oxygen atoms in total. The van der Waals surface area contributed by atoms with E-state index >= 15 is 0 Å². The van der Waals surface area contributed by atoms with Crippen LogP contribution in [0.15, 0.2) is 34.8 Å². The molecule has 4 rings (SSSR count). The average Bonchev–Trinajstić information content (AvgIpc) is 3.11. The number of halogens is 1. The van der Waals surface area contributed by atoms with E-state index in [0.717, 1.165) is 46.5 Å². The van der Waals surface area contributed by atoms with Gasteiger partial charge in [0.25, 0.3) is 0 Å². The van der Waals surface area contributed by atoms with Crippen LogP contribution in [0.3, 0.4) is 0 Å². The second-order valence-corrected chi connectivity index (χ2v) is 10.2. The van der Waals surface area contributed by atoms with Gasteiger partial charge in [0.1, 0.15) is 16.9 Å². The lowest BCUT2D eigenvalue weighted by Crippen LogP contribution is -2.24. The smallest absolute Gasteiger partial charge is 0.129 e. The van der Waals surface area contributed by atoms with Crippen LogP contribution >= 0.6 is 15.9 Å². The molecule has 0 bridgehead atoms. The van der Waals surface area contributed by atoms with Crippen molar-refractivity contribution in [3.8, 4) is 5.75 Å². The second kappa shape index (κ2) is 6.76. The van der Waals surface area contributed by atoms with Gasteiger partial charge in [-0.2, -0.15) is 0 Å². The summed E-state index contributed by atoms with van der Waals surface area (Å²) >= 11 is 3.71. The summed E-state index contributed by atoms with van der Waals surface area (Å²) in [5.74, 6) is 1.01. The van der Waals surface area contributed by atoms with Crippen LogP contribution in [0.1, 0.15) is 45.7 Å².